The first-order chi connectivity index (χ1) is 7.93. The molecular weight excluding hydrogens is 242 g/mol. The summed E-state index contributed by atoms with van der Waals surface area (Å²) in [4.78, 5) is 10.1. The van der Waals surface area contributed by atoms with Crippen molar-refractivity contribution in [3.63, 3.8) is 0 Å². The smallest absolute Gasteiger partial charge is 0.335 e. The van der Waals surface area contributed by atoms with E-state index in [0.717, 1.165) is 6.07 Å². The number of carboxylic acid groups (broad SMARTS) is 1. The highest BCUT2D eigenvalue weighted by atomic mass is 32.2. The maximum Gasteiger partial charge on any atom is 0.335 e. The van der Waals surface area contributed by atoms with Gasteiger partial charge in [0, 0.05) is 0 Å². The summed E-state index contributed by atoms with van der Waals surface area (Å²) in [5.74, 6) is -1.22. The predicted molar refractivity (Wildman–Crippen MR) is 60.0 cm³/mol. The van der Waals surface area contributed by atoms with E-state index in [-0.39, 0.29) is 10.5 Å². The minimum absolute atomic E-state index is 0.139. The molecule has 0 aromatic heterocycles. The summed E-state index contributed by atoms with van der Waals surface area (Å²) in [5, 5.41) is 17.4. The number of benzene rings is 1. The Morgan fingerprint density at radius 1 is 1.47 bits per heavy atom. The first-order valence-electron chi connectivity index (χ1n) is 4.58. The number of rotatable bonds is 3. The van der Waals surface area contributed by atoms with Crippen LogP contribution in [0.3, 0.4) is 0 Å². The van der Waals surface area contributed by atoms with Gasteiger partial charge in [-0.25, -0.2) is 13.2 Å². The fourth-order valence-electron chi connectivity index (χ4n) is 1.20. The Balaban J connectivity index is 3.41. The van der Waals surface area contributed by atoms with Crippen LogP contribution in [0.5, 0.6) is 0 Å². The van der Waals surface area contributed by atoms with Gasteiger partial charge >= 0.3 is 5.97 Å². The highest BCUT2D eigenvalue weighted by Gasteiger charge is 2.20. The van der Waals surface area contributed by atoms with Crippen LogP contribution in [0.15, 0.2) is 40.1 Å². The third-order valence-corrected chi connectivity index (χ3v) is 3.83. The Labute approximate surface area is 98.5 Å². The van der Waals surface area contributed by atoms with Crippen molar-refractivity contribution >= 4 is 15.8 Å². The van der Waals surface area contributed by atoms with Crippen molar-refractivity contribution < 1.29 is 18.3 Å². The van der Waals surface area contributed by atoms with Crippen molar-refractivity contribution in [3.8, 4) is 6.07 Å². The molecule has 6 heteroatoms. The number of hydrogen-bond donors (Lipinski definition) is 1. The van der Waals surface area contributed by atoms with Gasteiger partial charge in [0.2, 0.25) is 9.84 Å². The lowest BCUT2D eigenvalue weighted by Gasteiger charge is -2.03. The van der Waals surface area contributed by atoms with E-state index < -0.39 is 20.7 Å². The number of carbonyl (C=O) groups is 1. The van der Waals surface area contributed by atoms with Crippen LogP contribution in [-0.2, 0) is 9.84 Å². The minimum Gasteiger partial charge on any atom is -0.478 e. The van der Waals surface area contributed by atoms with Crippen LogP contribution in [0, 0.1) is 11.3 Å². The van der Waals surface area contributed by atoms with E-state index in [9.17, 15) is 13.2 Å². The second-order valence-corrected chi connectivity index (χ2v) is 5.02. The zero-order valence-electron chi connectivity index (χ0n) is 8.91. The van der Waals surface area contributed by atoms with Gasteiger partial charge in [-0.15, -0.1) is 0 Å². The molecule has 0 radical (unpaired) electrons. The Kier molecular flexibility index (Phi) is 3.66. The van der Waals surface area contributed by atoms with Gasteiger partial charge in [0.05, 0.1) is 10.5 Å². The molecule has 1 aromatic carbocycles. The molecule has 0 saturated heterocycles. The molecule has 0 unspecified atom stereocenters. The Morgan fingerprint density at radius 2 is 2.12 bits per heavy atom. The third-order valence-electron chi connectivity index (χ3n) is 2.05. The van der Waals surface area contributed by atoms with Crippen LogP contribution < -0.4 is 0 Å². The number of allylic oxidation sites excluding steroid dienone is 2. The van der Waals surface area contributed by atoms with Crippen molar-refractivity contribution in [1.29, 1.82) is 5.26 Å². The van der Waals surface area contributed by atoms with Crippen molar-refractivity contribution in [2.45, 2.75) is 11.8 Å². The summed E-state index contributed by atoms with van der Waals surface area (Å²) >= 11 is 0. The lowest BCUT2D eigenvalue weighted by atomic mass is 10.2. The summed E-state index contributed by atoms with van der Waals surface area (Å²) in [7, 11) is -3.92. The van der Waals surface area contributed by atoms with Crippen LogP contribution >= 0.6 is 0 Å². The molecule has 0 aliphatic heterocycles. The summed E-state index contributed by atoms with van der Waals surface area (Å²) in [5.41, 5.74) is -0.139. The lowest BCUT2D eigenvalue weighted by Crippen LogP contribution is -2.05. The fourth-order valence-corrected chi connectivity index (χ4v) is 2.43. The van der Waals surface area contributed by atoms with Crippen LogP contribution in [0.25, 0.3) is 0 Å². The molecule has 0 bridgehead atoms. The number of hydrogen-bond acceptors (Lipinski definition) is 4. The second-order valence-electron chi connectivity index (χ2n) is 3.10. The molecule has 17 heavy (non-hydrogen) atoms. The van der Waals surface area contributed by atoms with E-state index in [0.29, 0.717) is 0 Å². The van der Waals surface area contributed by atoms with Gasteiger partial charge in [0.15, 0.2) is 0 Å². The maximum absolute atomic E-state index is 11.9. The second kappa shape index (κ2) is 4.80. The molecule has 5 nitrogen and oxygen atoms in total. The standard InChI is InChI=1S/C11H9NO4S/c1-2-9(7-12)17(15,16)10-5-3-4-8(6-10)11(13)14/h2-6H,1H3,(H,13,14)/b9-2+. The maximum atomic E-state index is 11.9. The quantitative estimate of drug-likeness (QED) is 0.823. The summed E-state index contributed by atoms with van der Waals surface area (Å²) < 4.78 is 23.8. The molecule has 88 valence electrons. The normalized spacial score (nSPS) is 11.9. The van der Waals surface area contributed by atoms with E-state index in [1.165, 1.54) is 31.2 Å². The largest absolute Gasteiger partial charge is 0.478 e. The lowest BCUT2D eigenvalue weighted by molar-refractivity contribution is 0.0696. The van der Waals surface area contributed by atoms with Crippen molar-refractivity contribution in [2.24, 2.45) is 0 Å². The summed E-state index contributed by atoms with van der Waals surface area (Å²) in [6.07, 6.45) is 1.17. The Morgan fingerprint density at radius 3 is 2.59 bits per heavy atom. The molecule has 0 aliphatic carbocycles. The first-order valence-corrected chi connectivity index (χ1v) is 6.06. The molecule has 0 saturated carbocycles. The molecule has 1 rings (SSSR count). The topological polar surface area (TPSA) is 95.2 Å². The van der Waals surface area contributed by atoms with E-state index in [1.807, 2.05) is 0 Å². The first kappa shape index (κ1) is 12.9. The number of nitrogens with zero attached hydrogens (tertiary/aromatic N) is 1. The van der Waals surface area contributed by atoms with Crippen molar-refractivity contribution in [3.05, 3.63) is 40.8 Å². The van der Waals surface area contributed by atoms with Crippen LogP contribution in [0.4, 0.5) is 0 Å². The minimum atomic E-state index is -3.92. The van der Waals surface area contributed by atoms with Crippen LogP contribution in [0.2, 0.25) is 0 Å². The van der Waals surface area contributed by atoms with Gasteiger partial charge in [0.1, 0.15) is 11.0 Å². The summed E-state index contributed by atoms with van der Waals surface area (Å²) in [6, 6.07) is 6.45. The highest BCUT2D eigenvalue weighted by molar-refractivity contribution is 7.95. The Bertz CT molecular complexity index is 623. The highest BCUT2D eigenvalue weighted by Crippen LogP contribution is 2.19. The number of sulfone groups is 1. The van der Waals surface area contributed by atoms with Crippen LogP contribution in [-0.4, -0.2) is 19.5 Å². The molecule has 0 fully saturated rings. The molecule has 0 heterocycles. The zero-order chi connectivity index (χ0) is 13.1. The van der Waals surface area contributed by atoms with Gasteiger partial charge < -0.3 is 5.11 Å². The number of nitriles is 1. The molecule has 1 N–H and O–H groups in total. The monoisotopic (exact) mass is 251 g/mol. The fraction of sp³-hybridized carbons (Fsp3) is 0.0909. The van der Waals surface area contributed by atoms with E-state index in [1.54, 1.807) is 6.07 Å². The summed E-state index contributed by atoms with van der Waals surface area (Å²) in [6.45, 7) is 1.43. The molecular formula is C11H9NO4S. The van der Waals surface area contributed by atoms with Gasteiger partial charge in [-0.3, -0.25) is 0 Å². The van der Waals surface area contributed by atoms with Gasteiger partial charge in [-0.2, -0.15) is 5.26 Å². The van der Waals surface area contributed by atoms with Gasteiger partial charge in [0.25, 0.3) is 0 Å². The van der Waals surface area contributed by atoms with Crippen molar-refractivity contribution in [1.82, 2.24) is 0 Å². The third kappa shape index (κ3) is 2.52. The predicted octanol–water partition coefficient (Wildman–Crippen LogP) is 1.59. The molecule has 0 amide bonds. The average Bonchev–Trinajstić information content (AvgIpc) is 2.30. The zero-order valence-corrected chi connectivity index (χ0v) is 9.73. The van der Waals surface area contributed by atoms with E-state index in [4.69, 9.17) is 10.4 Å². The molecule has 0 aliphatic rings. The number of carboxylic acids is 1. The molecule has 0 atom stereocenters. The van der Waals surface area contributed by atoms with Gasteiger partial charge in [-0.1, -0.05) is 12.1 Å². The molecule has 0 spiro atoms. The van der Waals surface area contributed by atoms with Crippen LogP contribution in [0.1, 0.15) is 17.3 Å². The molecule has 1 aromatic rings. The average molecular weight is 251 g/mol. The Hall–Kier alpha value is -2.13. The van der Waals surface area contributed by atoms with Crippen molar-refractivity contribution in [2.75, 3.05) is 0 Å². The van der Waals surface area contributed by atoms with E-state index >= 15 is 0 Å². The SMILES string of the molecule is C/C=C(\C#N)S(=O)(=O)c1cccc(C(=O)O)c1. The van der Waals surface area contributed by atoms with E-state index in [2.05, 4.69) is 0 Å². The van der Waals surface area contributed by atoms with Gasteiger partial charge in [-0.05, 0) is 25.1 Å². The number of aromatic carboxylic acids is 1.